The summed E-state index contributed by atoms with van der Waals surface area (Å²) in [5, 5.41) is 10.1. The van der Waals surface area contributed by atoms with Crippen LogP contribution in [0, 0.1) is 5.92 Å². The number of carbonyl (C=O) groups excluding carboxylic acids is 1. The van der Waals surface area contributed by atoms with Gasteiger partial charge in [-0.1, -0.05) is 25.7 Å². The van der Waals surface area contributed by atoms with Crippen molar-refractivity contribution in [1.82, 2.24) is 4.90 Å². The second kappa shape index (κ2) is 7.82. The van der Waals surface area contributed by atoms with E-state index in [0.717, 1.165) is 32.4 Å². The SMILES string of the molecule is O=C(c1ccc(OCC(O)CC2CCCC2)cc1)N1CCCC1. The van der Waals surface area contributed by atoms with Crippen LogP contribution >= 0.6 is 0 Å². The molecule has 0 aromatic heterocycles. The van der Waals surface area contributed by atoms with Crippen LogP contribution in [0.25, 0.3) is 0 Å². The van der Waals surface area contributed by atoms with E-state index in [4.69, 9.17) is 4.74 Å². The summed E-state index contributed by atoms with van der Waals surface area (Å²) < 4.78 is 5.66. The van der Waals surface area contributed by atoms with Gasteiger partial charge >= 0.3 is 0 Å². The maximum atomic E-state index is 12.3. The molecule has 1 aliphatic carbocycles. The first kappa shape index (κ1) is 16.3. The zero-order chi connectivity index (χ0) is 16.1. The summed E-state index contributed by atoms with van der Waals surface area (Å²) in [4.78, 5) is 14.2. The largest absolute Gasteiger partial charge is 0.491 e. The molecule has 126 valence electrons. The summed E-state index contributed by atoms with van der Waals surface area (Å²) in [6, 6.07) is 7.29. The highest BCUT2D eigenvalue weighted by molar-refractivity contribution is 5.94. The molecule has 0 radical (unpaired) electrons. The summed E-state index contributed by atoms with van der Waals surface area (Å²) >= 11 is 0. The third-order valence-electron chi connectivity index (χ3n) is 5.02. The molecule has 1 saturated heterocycles. The zero-order valence-corrected chi connectivity index (χ0v) is 13.7. The molecule has 0 bridgehead atoms. The van der Waals surface area contributed by atoms with Gasteiger partial charge < -0.3 is 14.7 Å². The molecule has 1 unspecified atom stereocenters. The van der Waals surface area contributed by atoms with Gasteiger partial charge in [0, 0.05) is 18.7 Å². The van der Waals surface area contributed by atoms with Crippen molar-refractivity contribution < 1.29 is 14.6 Å². The van der Waals surface area contributed by atoms with Crippen molar-refractivity contribution in [2.75, 3.05) is 19.7 Å². The van der Waals surface area contributed by atoms with E-state index in [9.17, 15) is 9.90 Å². The van der Waals surface area contributed by atoms with E-state index < -0.39 is 6.10 Å². The lowest BCUT2D eigenvalue weighted by molar-refractivity contribution is 0.0791. The average Bonchev–Trinajstić information content (AvgIpc) is 3.26. The van der Waals surface area contributed by atoms with E-state index in [1.807, 2.05) is 29.2 Å². The molecule has 1 aromatic carbocycles. The van der Waals surface area contributed by atoms with E-state index >= 15 is 0 Å². The number of rotatable bonds is 6. The van der Waals surface area contributed by atoms with Crippen LogP contribution < -0.4 is 4.74 Å². The van der Waals surface area contributed by atoms with Crippen LogP contribution in [0.5, 0.6) is 5.75 Å². The minimum atomic E-state index is -0.399. The van der Waals surface area contributed by atoms with Gasteiger partial charge in [-0.3, -0.25) is 4.79 Å². The molecule has 4 heteroatoms. The second-order valence-electron chi connectivity index (χ2n) is 6.87. The Labute approximate surface area is 138 Å². The summed E-state index contributed by atoms with van der Waals surface area (Å²) in [6.45, 7) is 2.06. The zero-order valence-electron chi connectivity index (χ0n) is 13.7. The van der Waals surface area contributed by atoms with Crippen LogP contribution in [0.1, 0.15) is 55.3 Å². The summed E-state index contributed by atoms with van der Waals surface area (Å²) in [5.41, 5.74) is 0.714. The Morgan fingerprint density at radius 3 is 2.43 bits per heavy atom. The van der Waals surface area contributed by atoms with Gasteiger partial charge in [-0.25, -0.2) is 0 Å². The fourth-order valence-corrected chi connectivity index (χ4v) is 3.69. The fraction of sp³-hybridized carbons (Fsp3) is 0.632. The quantitative estimate of drug-likeness (QED) is 0.876. The van der Waals surface area contributed by atoms with Crippen LogP contribution in [-0.4, -0.2) is 41.7 Å². The number of benzene rings is 1. The van der Waals surface area contributed by atoms with Gasteiger partial charge in [-0.2, -0.15) is 0 Å². The Hall–Kier alpha value is -1.55. The number of hydrogen-bond donors (Lipinski definition) is 1. The van der Waals surface area contributed by atoms with E-state index in [1.165, 1.54) is 25.7 Å². The minimum Gasteiger partial charge on any atom is -0.491 e. The maximum Gasteiger partial charge on any atom is 0.253 e. The molecule has 1 aliphatic heterocycles. The lowest BCUT2D eigenvalue weighted by atomic mass is 10.0. The Morgan fingerprint density at radius 1 is 1.13 bits per heavy atom. The van der Waals surface area contributed by atoms with Crippen molar-refractivity contribution in [3.8, 4) is 5.75 Å². The van der Waals surface area contributed by atoms with Crippen molar-refractivity contribution in [1.29, 1.82) is 0 Å². The van der Waals surface area contributed by atoms with Crippen molar-refractivity contribution >= 4 is 5.91 Å². The Bertz CT molecular complexity index is 502. The predicted octanol–water partition coefficient (Wildman–Crippen LogP) is 3.24. The molecular formula is C19H27NO3. The van der Waals surface area contributed by atoms with Gasteiger partial charge in [-0.05, 0) is 49.4 Å². The average molecular weight is 317 g/mol. The predicted molar refractivity (Wildman–Crippen MR) is 89.7 cm³/mol. The lowest BCUT2D eigenvalue weighted by Crippen LogP contribution is -2.27. The van der Waals surface area contributed by atoms with Gasteiger partial charge in [0.25, 0.3) is 5.91 Å². The van der Waals surface area contributed by atoms with Crippen LogP contribution in [0.4, 0.5) is 0 Å². The Balaban J connectivity index is 1.46. The summed E-state index contributed by atoms with van der Waals surface area (Å²) in [7, 11) is 0. The first-order valence-electron chi connectivity index (χ1n) is 8.92. The highest BCUT2D eigenvalue weighted by Crippen LogP contribution is 2.28. The first-order chi connectivity index (χ1) is 11.2. The highest BCUT2D eigenvalue weighted by atomic mass is 16.5. The minimum absolute atomic E-state index is 0.107. The Morgan fingerprint density at radius 2 is 1.78 bits per heavy atom. The van der Waals surface area contributed by atoms with E-state index in [-0.39, 0.29) is 5.91 Å². The number of likely N-dealkylation sites (tertiary alicyclic amines) is 1. The fourth-order valence-electron chi connectivity index (χ4n) is 3.69. The molecule has 2 aliphatic rings. The van der Waals surface area contributed by atoms with Crippen LogP contribution in [-0.2, 0) is 0 Å². The first-order valence-corrected chi connectivity index (χ1v) is 8.92. The number of carbonyl (C=O) groups is 1. The van der Waals surface area contributed by atoms with Crippen LogP contribution in [0.3, 0.4) is 0 Å². The van der Waals surface area contributed by atoms with E-state index in [0.29, 0.717) is 23.8 Å². The monoisotopic (exact) mass is 317 g/mol. The van der Waals surface area contributed by atoms with E-state index in [1.54, 1.807) is 0 Å². The third-order valence-corrected chi connectivity index (χ3v) is 5.02. The lowest BCUT2D eigenvalue weighted by Gasteiger charge is -2.17. The topological polar surface area (TPSA) is 49.8 Å². The number of ether oxygens (including phenoxy) is 1. The molecule has 0 spiro atoms. The molecule has 23 heavy (non-hydrogen) atoms. The molecule has 4 nitrogen and oxygen atoms in total. The second-order valence-corrected chi connectivity index (χ2v) is 6.87. The number of aliphatic hydroxyl groups is 1. The molecule has 1 N–H and O–H groups in total. The smallest absolute Gasteiger partial charge is 0.253 e. The third kappa shape index (κ3) is 4.47. The Kier molecular flexibility index (Phi) is 5.55. The molecule has 1 heterocycles. The molecule has 1 aromatic rings. The number of amides is 1. The van der Waals surface area contributed by atoms with Crippen molar-refractivity contribution in [3.63, 3.8) is 0 Å². The normalized spacial score (nSPS) is 20.0. The van der Waals surface area contributed by atoms with Gasteiger partial charge in [0.15, 0.2) is 0 Å². The molecular weight excluding hydrogens is 290 g/mol. The van der Waals surface area contributed by atoms with Gasteiger partial charge in [0.1, 0.15) is 12.4 Å². The highest BCUT2D eigenvalue weighted by Gasteiger charge is 2.20. The maximum absolute atomic E-state index is 12.3. The number of aliphatic hydroxyl groups excluding tert-OH is 1. The van der Waals surface area contributed by atoms with Crippen LogP contribution in [0.15, 0.2) is 24.3 Å². The van der Waals surface area contributed by atoms with Gasteiger partial charge in [0.05, 0.1) is 6.10 Å². The van der Waals surface area contributed by atoms with E-state index in [2.05, 4.69) is 0 Å². The standard InChI is InChI=1S/C19H27NO3/c21-17(13-15-5-1-2-6-15)14-23-18-9-7-16(8-10-18)19(22)20-11-3-4-12-20/h7-10,15,17,21H,1-6,11-14H2. The van der Waals surface area contributed by atoms with Crippen molar-refractivity contribution in [3.05, 3.63) is 29.8 Å². The molecule has 1 amide bonds. The number of nitrogens with zero attached hydrogens (tertiary/aromatic N) is 1. The molecule has 1 saturated carbocycles. The van der Waals surface area contributed by atoms with Gasteiger partial charge in [-0.15, -0.1) is 0 Å². The van der Waals surface area contributed by atoms with Crippen LogP contribution in [0.2, 0.25) is 0 Å². The van der Waals surface area contributed by atoms with Crippen molar-refractivity contribution in [2.45, 2.75) is 51.0 Å². The summed E-state index contributed by atoms with van der Waals surface area (Å²) in [5.74, 6) is 1.48. The van der Waals surface area contributed by atoms with Gasteiger partial charge in [0.2, 0.25) is 0 Å². The molecule has 1 atom stereocenters. The van der Waals surface area contributed by atoms with Crippen molar-refractivity contribution in [2.24, 2.45) is 5.92 Å². The molecule has 2 fully saturated rings. The number of hydrogen-bond acceptors (Lipinski definition) is 3. The molecule has 3 rings (SSSR count). The summed E-state index contributed by atoms with van der Waals surface area (Å²) in [6.07, 6.45) is 7.72.